The first kappa shape index (κ1) is 18.4. The van der Waals surface area contributed by atoms with E-state index in [0.717, 1.165) is 19.4 Å². The Hall–Kier alpha value is -0.610. The van der Waals surface area contributed by atoms with E-state index in [4.69, 9.17) is 4.74 Å². The van der Waals surface area contributed by atoms with Crippen molar-refractivity contribution in [2.75, 3.05) is 20.2 Å². The number of esters is 1. The zero-order chi connectivity index (χ0) is 15.1. The minimum atomic E-state index is -0.615. The molecular weight excluding hydrogens is 240 g/mol. The van der Waals surface area contributed by atoms with Crippen molar-refractivity contribution in [3.05, 3.63) is 0 Å². The molecule has 0 aliphatic carbocycles. The Morgan fingerprint density at radius 2 is 1.84 bits per heavy atom. The van der Waals surface area contributed by atoms with Crippen LogP contribution in [0.25, 0.3) is 0 Å². The molecule has 0 aromatic carbocycles. The Balaban J connectivity index is 4.80. The molecule has 19 heavy (non-hydrogen) atoms. The molecule has 3 atom stereocenters. The summed E-state index contributed by atoms with van der Waals surface area (Å²) >= 11 is 0. The molecule has 0 aromatic rings. The van der Waals surface area contributed by atoms with Gasteiger partial charge in [-0.25, -0.2) is 0 Å². The summed E-state index contributed by atoms with van der Waals surface area (Å²) in [4.78, 5) is 14.5. The number of carbonyl (C=O) groups is 1. The fourth-order valence-electron chi connectivity index (χ4n) is 2.58. The number of hydrogen-bond donors (Lipinski definition) is 1. The fraction of sp³-hybridized carbons (Fsp3) is 0.933. The van der Waals surface area contributed by atoms with Gasteiger partial charge in [0.15, 0.2) is 0 Å². The van der Waals surface area contributed by atoms with Gasteiger partial charge in [0.25, 0.3) is 0 Å². The lowest BCUT2D eigenvalue weighted by Crippen LogP contribution is -2.53. The maximum Gasteiger partial charge on any atom is 0.326 e. The predicted molar refractivity (Wildman–Crippen MR) is 80.3 cm³/mol. The smallest absolute Gasteiger partial charge is 0.326 e. The third kappa shape index (κ3) is 5.11. The van der Waals surface area contributed by atoms with E-state index >= 15 is 0 Å². The molecule has 3 unspecified atom stereocenters. The second-order valence-electron chi connectivity index (χ2n) is 5.44. The van der Waals surface area contributed by atoms with Gasteiger partial charge < -0.3 is 10.1 Å². The molecule has 0 aliphatic heterocycles. The highest BCUT2D eigenvalue weighted by atomic mass is 16.5. The number of likely N-dealkylation sites (N-methyl/N-ethyl adjacent to an activating group) is 1. The van der Waals surface area contributed by atoms with Gasteiger partial charge in [-0.15, -0.1) is 0 Å². The molecule has 0 saturated carbocycles. The van der Waals surface area contributed by atoms with Gasteiger partial charge in [0.2, 0.25) is 0 Å². The van der Waals surface area contributed by atoms with Crippen molar-refractivity contribution >= 4 is 5.97 Å². The SMILES string of the molecule is CCOC(=O)C(C)(CC(C)N(CC)C(C)CC)NC. The first-order valence-corrected chi connectivity index (χ1v) is 7.48. The van der Waals surface area contributed by atoms with Gasteiger partial charge in [-0.3, -0.25) is 9.69 Å². The van der Waals surface area contributed by atoms with Crippen LogP contribution in [0.1, 0.15) is 54.4 Å². The first-order valence-electron chi connectivity index (χ1n) is 7.48. The molecule has 0 spiro atoms. The van der Waals surface area contributed by atoms with Crippen LogP contribution in [0.3, 0.4) is 0 Å². The average molecular weight is 272 g/mol. The van der Waals surface area contributed by atoms with Gasteiger partial charge in [-0.2, -0.15) is 0 Å². The lowest BCUT2D eigenvalue weighted by Gasteiger charge is -2.38. The van der Waals surface area contributed by atoms with Gasteiger partial charge in [0, 0.05) is 12.1 Å². The van der Waals surface area contributed by atoms with Crippen molar-refractivity contribution in [3.63, 3.8) is 0 Å². The minimum absolute atomic E-state index is 0.162. The van der Waals surface area contributed by atoms with Crippen LogP contribution in [-0.4, -0.2) is 48.7 Å². The predicted octanol–water partition coefficient (Wildman–Crippen LogP) is 2.43. The van der Waals surface area contributed by atoms with E-state index in [-0.39, 0.29) is 5.97 Å². The van der Waals surface area contributed by atoms with E-state index in [9.17, 15) is 4.79 Å². The van der Waals surface area contributed by atoms with Crippen molar-refractivity contribution in [2.24, 2.45) is 0 Å². The fourth-order valence-corrected chi connectivity index (χ4v) is 2.58. The number of carbonyl (C=O) groups excluding carboxylic acids is 1. The van der Waals surface area contributed by atoms with Crippen molar-refractivity contribution in [1.29, 1.82) is 0 Å². The Morgan fingerprint density at radius 1 is 1.26 bits per heavy atom. The lowest BCUT2D eigenvalue weighted by atomic mass is 9.92. The van der Waals surface area contributed by atoms with Gasteiger partial charge in [-0.05, 0) is 54.1 Å². The Bertz CT molecular complexity index is 271. The Kier molecular flexibility index (Phi) is 8.26. The van der Waals surface area contributed by atoms with Crippen LogP contribution in [0.4, 0.5) is 0 Å². The number of ether oxygens (including phenoxy) is 1. The number of nitrogens with zero attached hydrogens (tertiary/aromatic N) is 1. The number of hydrogen-bond acceptors (Lipinski definition) is 4. The molecule has 0 heterocycles. The van der Waals surface area contributed by atoms with Crippen molar-refractivity contribution in [1.82, 2.24) is 10.2 Å². The molecule has 0 amide bonds. The summed E-state index contributed by atoms with van der Waals surface area (Å²) in [5, 5.41) is 3.13. The van der Waals surface area contributed by atoms with Gasteiger partial charge in [-0.1, -0.05) is 13.8 Å². The largest absolute Gasteiger partial charge is 0.465 e. The van der Waals surface area contributed by atoms with Crippen LogP contribution in [0.15, 0.2) is 0 Å². The molecule has 4 heteroatoms. The molecule has 4 nitrogen and oxygen atoms in total. The van der Waals surface area contributed by atoms with E-state index in [0.29, 0.717) is 18.7 Å². The molecular formula is C15H32N2O2. The summed E-state index contributed by atoms with van der Waals surface area (Å²) in [5.74, 6) is -0.162. The summed E-state index contributed by atoms with van der Waals surface area (Å²) in [7, 11) is 1.82. The number of nitrogens with one attached hydrogen (secondary N) is 1. The minimum Gasteiger partial charge on any atom is -0.465 e. The van der Waals surface area contributed by atoms with Crippen molar-refractivity contribution < 1.29 is 9.53 Å². The summed E-state index contributed by atoms with van der Waals surface area (Å²) in [5.41, 5.74) is -0.615. The molecule has 0 saturated heterocycles. The summed E-state index contributed by atoms with van der Waals surface area (Å²) in [6.07, 6.45) is 1.87. The molecule has 0 rings (SSSR count). The second kappa shape index (κ2) is 8.54. The van der Waals surface area contributed by atoms with Crippen LogP contribution in [0.2, 0.25) is 0 Å². The van der Waals surface area contributed by atoms with E-state index in [1.54, 1.807) is 0 Å². The van der Waals surface area contributed by atoms with Crippen LogP contribution in [0.5, 0.6) is 0 Å². The van der Waals surface area contributed by atoms with Gasteiger partial charge in [0.1, 0.15) is 5.54 Å². The summed E-state index contributed by atoms with van der Waals surface area (Å²) < 4.78 is 5.18. The average Bonchev–Trinajstić information content (AvgIpc) is 2.39. The van der Waals surface area contributed by atoms with E-state index in [1.165, 1.54) is 0 Å². The molecule has 1 N–H and O–H groups in total. The van der Waals surface area contributed by atoms with E-state index in [2.05, 4.69) is 37.9 Å². The third-order valence-electron chi connectivity index (χ3n) is 4.07. The monoisotopic (exact) mass is 272 g/mol. The Labute approximate surface area is 118 Å². The highest BCUT2D eigenvalue weighted by molar-refractivity contribution is 5.80. The molecule has 0 aliphatic rings. The maximum absolute atomic E-state index is 12.1. The van der Waals surface area contributed by atoms with Crippen molar-refractivity contribution in [2.45, 2.75) is 72.0 Å². The summed E-state index contributed by atoms with van der Waals surface area (Å²) in [6.45, 7) is 14.0. The van der Waals surface area contributed by atoms with Crippen LogP contribution in [-0.2, 0) is 9.53 Å². The van der Waals surface area contributed by atoms with Gasteiger partial charge in [0.05, 0.1) is 6.61 Å². The molecule has 0 aromatic heterocycles. The van der Waals surface area contributed by atoms with Gasteiger partial charge >= 0.3 is 5.97 Å². The topological polar surface area (TPSA) is 41.6 Å². The van der Waals surface area contributed by atoms with Crippen LogP contribution < -0.4 is 5.32 Å². The van der Waals surface area contributed by atoms with Crippen LogP contribution in [0, 0.1) is 0 Å². The lowest BCUT2D eigenvalue weighted by molar-refractivity contribution is -0.151. The number of rotatable bonds is 9. The highest BCUT2D eigenvalue weighted by Crippen LogP contribution is 2.20. The molecule has 0 radical (unpaired) electrons. The first-order chi connectivity index (χ1) is 8.86. The van der Waals surface area contributed by atoms with E-state index < -0.39 is 5.54 Å². The zero-order valence-electron chi connectivity index (χ0n) is 13.7. The quantitative estimate of drug-likeness (QED) is 0.655. The third-order valence-corrected chi connectivity index (χ3v) is 4.07. The molecule has 0 fully saturated rings. The normalized spacial score (nSPS) is 17.9. The maximum atomic E-state index is 12.1. The molecule has 114 valence electrons. The zero-order valence-corrected chi connectivity index (χ0v) is 13.7. The highest BCUT2D eigenvalue weighted by Gasteiger charge is 2.36. The molecule has 0 bridgehead atoms. The van der Waals surface area contributed by atoms with Crippen LogP contribution >= 0.6 is 0 Å². The Morgan fingerprint density at radius 3 is 2.21 bits per heavy atom. The summed E-state index contributed by atoms with van der Waals surface area (Å²) in [6, 6.07) is 0.866. The van der Waals surface area contributed by atoms with Crippen molar-refractivity contribution in [3.8, 4) is 0 Å². The van der Waals surface area contributed by atoms with E-state index in [1.807, 2.05) is 20.9 Å². The standard InChI is InChI=1S/C15H32N2O2/c1-8-12(4)17(9-2)13(5)11-15(6,16-7)14(18)19-10-3/h12-13,16H,8-11H2,1-7H3. The second-order valence-corrected chi connectivity index (χ2v) is 5.44.